The van der Waals surface area contributed by atoms with Gasteiger partial charge in [-0.25, -0.2) is 9.78 Å². The number of hydrogen-bond acceptors (Lipinski definition) is 5. The molecule has 6 nitrogen and oxygen atoms in total. The van der Waals surface area contributed by atoms with Gasteiger partial charge in [0.1, 0.15) is 5.69 Å². The molecule has 1 aromatic carbocycles. The molecule has 0 spiro atoms. The van der Waals surface area contributed by atoms with Crippen LogP contribution in [0.1, 0.15) is 21.6 Å². The quantitative estimate of drug-likeness (QED) is 0.446. The molecule has 0 saturated carbocycles. The molecule has 0 aliphatic carbocycles. The summed E-state index contributed by atoms with van der Waals surface area (Å²) >= 11 is 0. The minimum atomic E-state index is -0.990. The first-order valence-corrected chi connectivity index (χ1v) is 7.46. The minimum absolute atomic E-state index is 0. The first-order chi connectivity index (χ1) is 12.2. The second-order valence-corrected chi connectivity index (χ2v) is 4.96. The molecule has 2 heterocycles. The second-order valence-electron chi connectivity index (χ2n) is 4.96. The largest absolute Gasteiger partial charge is 0.477 e. The summed E-state index contributed by atoms with van der Waals surface area (Å²) in [5.74, 6) is -0.990. The first kappa shape index (κ1) is 21.6. The Morgan fingerprint density at radius 1 is 1.00 bits per heavy atom. The monoisotopic (exact) mass is 532 g/mol. The number of carbonyl (C=O) groups is 1. The van der Waals surface area contributed by atoms with Gasteiger partial charge < -0.3 is 20.3 Å². The molecule has 2 aromatic heterocycles. The minimum Gasteiger partial charge on any atom is -0.477 e. The van der Waals surface area contributed by atoms with Crippen molar-refractivity contribution < 1.29 is 41.2 Å². The Hall–Kier alpha value is -2.40. The van der Waals surface area contributed by atoms with Gasteiger partial charge in [0.25, 0.3) is 0 Å². The van der Waals surface area contributed by atoms with Crippen LogP contribution in [0.25, 0.3) is 11.3 Å². The Kier molecular flexibility index (Phi) is 9.37. The van der Waals surface area contributed by atoms with Crippen LogP contribution in [0, 0.1) is 6.07 Å². The van der Waals surface area contributed by atoms with Crippen LogP contribution in [0.4, 0.5) is 0 Å². The van der Waals surface area contributed by atoms with Crippen molar-refractivity contribution >= 4 is 5.97 Å². The number of carboxylic acid groups (broad SMARTS) is 1. The van der Waals surface area contributed by atoms with Gasteiger partial charge >= 0.3 is 5.97 Å². The van der Waals surface area contributed by atoms with Gasteiger partial charge in [0.15, 0.2) is 0 Å². The van der Waals surface area contributed by atoms with Crippen LogP contribution < -0.4 is 0 Å². The SMILES string of the molecule is O=C(O)c1ccccn1.OCc1ccnc(-c2[c-]cccc2CO)c1.[Pt]. The number of pyridine rings is 2. The summed E-state index contributed by atoms with van der Waals surface area (Å²) in [6.07, 6.45) is 3.09. The van der Waals surface area contributed by atoms with Crippen LogP contribution in [-0.4, -0.2) is 31.3 Å². The zero-order valence-corrected chi connectivity index (χ0v) is 15.9. The summed E-state index contributed by atoms with van der Waals surface area (Å²) in [6.45, 7) is -0.0610. The fourth-order valence-corrected chi connectivity index (χ4v) is 2.04. The van der Waals surface area contributed by atoms with Crippen molar-refractivity contribution in [1.82, 2.24) is 9.97 Å². The molecule has 0 bridgehead atoms. The molecule has 138 valence electrons. The van der Waals surface area contributed by atoms with E-state index in [1.54, 1.807) is 36.5 Å². The standard InChI is InChI=1S/C13H12NO2.C6H5NO2.Pt/c15-8-10-5-6-14-13(7-10)12-4-2-1-3-11(12)9-16;8-6(9)5-3-1-2-4-7-5;/h1-3,5-7,15-16H,8-9H2;1-4H,(H,8,9);/q-1;;. The fraction of sp³-hybridized carbons (Fsp3) is 0.105. The fourth-order valence-electron chi connectivity index (χ4n) is 2.04. The van der Waals surface area contributed by atoms with Crippen molar-refractivity contribution in [2.75, 3.05) is 0 Å². The van der Waals surface area contributed by atoms with E-state index in [0.717, 1.165) is 22.4 Å². The van der Waals surface area contributed by atoms with Crippen molar-refractivity contribution in [1.29, 1.82) is 0 Å². The van der Waals surface area contributed by atoms with E-state index in [1.165, 1.54) is 12.3 Å². The molecular formula is C19H17N2O4Pt-. The average Bonchev–Trinajstić information content (AvgIpc) is 2.69. The van der Waals surface area contributed by atoms with Gasteiger partial charge in [-0.05, 0) is 29.5 Å². The third-order valence-corrected chi connectivity index (χ3v) is 3.26. The Labute approximate surface area is 165 Å². The van der Waals surface area contributed by atoms with Crippen LogP contribution in [0.5, 0.6) is 0 Å². The third kappa shape index (κ3) is 6.15. The molecule has 26 heavy (non-hydrogen) atoms. The Morgan fingerprint density at radius 3 is 2.38 bits per heavy atom. The van der Waals surface area contributed by atoms with Gasteiger partial charge in [-0.1, -0.05) is 12.1 Å². The predicted octanol–water partition coefficient (Wildman–Crippen LogP) is 2.31. The Balaban J connectivity index is 0.000000290. The molecule has 0 amide bonds. The van der Waals surface area contributed by atoms with E-state index in [-0.39, 0.29) is 40.0 Å². The number of aliphatic hydroxyl groups excluding tert-OH is 2. The maximum Gasteiger partial charge on any atom is 0.354 e. The summed E-state index contributed by atoms with van der Waals surface area (Å²) in [4.78, 5) is 17.9. The number of benzene rings is 1. The molecule has 0 aliphatic rings. The molecule has 0 radical (unpaired) electrons. The van der Waals surface area contributed by atoms with Crippen molar-refractivity contribution in [2.24, 2.45) is 0 Å². The van der Waals surface area contributed by atoms with E-state index in [2.05, 4.69) is 16.0 Å². The van der Waals surface area contributed by atoms with E-state index in [0.29, 0.717) is 0 Å². The number of hydrogen-bond donors (Lipinski definition) is 3. The molecule has 0 unspecified atom stereocenters. The van der Waals surface area contributed by atoms with Crippen LogP contribution in [0.15, 0.2) is 60.9 Å². The van der Waals surface area contributed by atoms with Gasteiger partial charge in [-0.15, -0.1) is 35.4 Å². The Bertz CT molecular complexity index is 829. The van der Waals surface area contributed by atoms with Crippen LogP contribution >= 0.6 is 0 Å². The molecular weight excluding hydrogens is 515 g/mol. The van der Waals surface area contributed by atoms with Crippen LogP contribution in [0.2, 0.25) is 0 Å². The van der Waals surface area contributed by atoms with Crippen molar-refractivity contribution in [2.45, 2.75) is 13.2 Å². The zero-order chi connectivity index (χ0) is 18.1. The van der Waals surface area contributed by atoms with Gasteiger partial charge in [0.05, 0.1) is 6.61 Å². The summed E-state index contributed by atoms with van der Waals surface area (Å²) in [5, 5.41) is 26.6. The number of aliphatic hydroxyl groups is 2. The smallest absolute Gasteiger partial charge is 0.354 e. The topological polar surface area (TPSA) is 104 Å². The number of aromatic nitrogens is 2. The number of rotatable bonds is 4. The molecule has 7 heteroatoms. The zero-order valence-electron chi connectivity index (χ0n) is 13.6. The summed E-state index contributed by atoms with van der Waals surface area (Å²) < 4.78 is 0. The molecule has 3 aromatic rings. The maximum atomic E-state index is 10.1. The molecule has 0 saturated heterocycles. The second kappa shape index (κ2) is 11.3. The summed E-state index contributed by atoms with van der Waals surface area (Å²) in [5.41, 5.74) is 3.16. The molecule has 0 fully saturated rings. The number of nitrogens with zero attached hydrogens (tertiary/aromatic N) is 2. The summed E-state index contributed by atoms with van der Waals surface area (Å²) in [6, 6.07) is 16.8. The normalized spacial score (nSPS) is 9.46. The maximum absolute atomic E-state index is 10.1. The molecule has 0 aliphatic heterocycles. The predicted molar refractivity (Wildman–Crippen MR) is 91.6 cm³/mol. The van der Waals surface area contributed by atoms with Crippen molar-refractivity contribution in [3.8, 4) is 11.3 Å². The van der Waals surface area contributed by atoms with Gasteiger partial charge in [0, 0.05) is 40.1 Å². The van der Waals surface area contributed by atoms with E-state index in [4.69, 9.17) is 10.2 Å². The van der Waals surface area contributed by atoms with Crippen molar-refractivity contribution in [3.63, 3.8) is 0 Å². The van der Waals surface area contributed by atoms with E-state index in [1.807, 2.05) is 12.1 Å². The van der Waals surface area contributed by atoms with E-state index >= 15 is 0 Å². The van der Waals surface area contributed by atoms with Gasteiger partial charge in [-0.2, -0.15) is 0 Å². The number of aromatic carboxylic acids is 1. The average molecular weight is 532 g/mol. The van der Waals surface area contributed by atoms with E-state index in [9.17, 15) is 9.90 Å². The third-order valence-electron chi connectivity index (χ3n) is 3.26. The molecule has 3 N–H and O–H groups in total. The molecule has 0 atom stereocenters. The van der Waals surface area contributed by atoms with E-state index < -0.39 is 5.97 Å². The van der Waals surface area contributed by atoms with Gasteiger partial charge in [-0.3, -0.25) is 0 Å². The van der Waals surface area contributed by atoms with Crippen molar-refractivity contribution in [3.05, 3.63) is 83.8 Å². The summed E-state index contributed by atoms with van der Waals surface area (Å²) in [7, 11) is 0. The number of carboxylic acids is 1. The first-order valence-electron chi connectivity index (χ1n) is 7.46. The van der Waals surface area contributed by atoms with Crippen LogP contribution in [-0.2, 0) is 34.3 Å². The van der Waals surface area contributed by atoms with Crippen LogP contribution in [0.3, 0.4) is 0 Å². The molecule has 3 rings (SSSR count). The Morgan fingerprint density at radius 2 is 1.81 bits per heavy atom. The van der Waals surface area contributed by atoms with Gasteiger partial charge in [0.2, 0.25) is 0 Å².